The van der Waals surface area contributed by atoms with Gasteiger partial charge in [-0.05, 0) is 0 Å². The monoisotopic (exact) mass is 290 g/mol. The first-order chi connectivity index (χ1) is 7.60. The minimum Gasteiger partial charge on any atom is -0.628 e. The topological polar surface area (TPSA) is 114 Å². The lowest BCUT2D eigenvalue weighted by molar-refractivity contribution is -0.229. The predicted octanol–water partition coefficient (Wildman–Crippen LogP) is 0.471. The number of rotatable bonds is 6. The van der Waals surface area contributed by atoms with E-state index in [0.717, 1.165) is 35.2 Å². The Balaban J connectivity index is 5.70. The molecule has 1 N–H and O–H groups in total. The molecule has 102 valence electrons. The summed E-state index contributed by atoms with van der Waals surface area (Å²) in [5.74, 6) is -0.923. The molecular weight excluding hydrogens is 274 g/mol. The molecule has 0 spiro atoms. The maximum absolute atomic E-state index is 12.2. The Labute approximate surface area is 99.9 Å². The molecule has 0 aromatic rings. The first-order valence-electron chi connectivity index (χ1n) is 4.40. The van der Waals surface area contributed by atoms with Crippen LogP contribution in [0.4, 0.5) is 0 Å². The van der Waals surface area contributed by atoms with E-state index in [2.05, 4.69) is 18.3 Å². The van der Waals surface area contributed by atoms with Crippen molar-refractivity contribution >= 4 is 21.5 Å². The van der Waals surface area contributed by atoms with Crippen LogP contribution < -0.4 is 4.89 Å². The summed E-state index contributed by atoms with van der Waals surface area (Å²) in [6.45, 7) is 1.94. The minimum absolute atomic E-state index is 0.915. The van der Waals surface area contributed by atoms with Gasteiger partial charge in [0.25, 0.3) is 7.94 Å². The van der Waals surface area contributed by atoms with Gasteiger partial charge in [-0.1, -0.05) is 0 Å². The normalized spacial score (nSPS) is 19.2. The van der Waals surface area contributed by atoms with E-state index in [1.54, 1.807) is 0 Å². The molecule has 0 amide bonds. The van der Waals surface area contributed by atoms with Crippen LogP contribution in [0.3, 0.4) is 0 Å². The van der Waals surface area contributed by atoms with Gasteiger partial charge in [-0.3, -0.25) is 9.36 Å². The summed E-state index contributed by atoms with van der Waals surface area (Å²) in [5, 5.41) is -2.43. The Morgan fingerprint density at radius 2 is 1.76 bits per heavy atom. The fourth-order valence-corrected chi connectivity index (χ4v) is 4.75. The Hall–Kier alpha value is -0.0700. The highest BCUT2D eigenvalue weighted by Gasteiger charge is 2.67. The van der Waals surface area contributed by atoms with Gasteiger partial charge in [0.2, 0.25) is 0 Å². The molecule has 8 nitrogen and oxygen atoms in total. The lowest BCUT2D eigenvalue weighted by Crippen LogP contribution is -2.40. The zero-order chi connectivity index (χ0) is 13.9. The van der Waals surface area contributed by atoms with Crippen LogP contribution in [0.2, 0.25) is 0 Å². The average Bonchev–Trinajstić information content (AvgIpc) is 2.26. The smallest absolute Gasteiger partial charge is 0.415 e. The van der Waals surface area contributed by atoms with Crippen LogP contribution in [0.25, 0.3) is 0 Å². The van der Waals surface area contributed by atoms with Crippen molar-refractivity contribution in [1.29, 1.82) is 0 Å². The number of hydrogen-bond donors (Lipinski definition) is 1. The van der Waals surface area contributed by atoms with Crippen molar-refractivity contribution < 1.29 is 37.5 Å². The molecular formula is C7H16O8P2. The molecule has 2 atom stereocenters. The van der Waals surface area contributed by atoms with Gasteiger partial charge in [0.15, 0.2) is 0 Å². The quantitative estimate of drug-likeness (QED) is 0.554. The van der Waals surface area contributed by atoms with E-state index in [4.69, 9.17) is 0 Å². The molecule has 17 heavy (non-hydrogen) atoms. The van der Waals surface area contributed by atoms with Gasteiger partial charge in [-0.2, -0.15) is 0 Å². The van der Waals surface area contributed by atoms with Crippen molar-refractivity contribution in [3.8, 4) is 0 Å². The van der Waals surface area contributed by atoms with Gasteiger partial charge >= 0.3 is 18.6 Å². The molecule has 0 rings (SSSR count). The van der Waals surface area contributed by atoms with Crippen LogP contribution in [-0.4, -0.2) is 37.3 Å². The van der Waals surface area contributed by atoms with Crippen LogP contribution in [0, 0.1) is 0 Å². The van der Waals surface area contributed by atoms with Crippen molar-refractivity contribution in [3.05, 3.63) is 0 Å². The van der Waals surface area contributed by atoms with E-state index in [-0.39, 0.29) is 0 Å². The van der Waals surface area contributed by atoms with Crippen LogP contribution in [0.15, 0.2) is 0 Å². The summed E-state index contributed by atoms with van der Waals surface area (Å²) >= 11 is 0. The van der Waals surface area contributed by atoms with E-state index in [9.17, 15) is 19.1 Å². The highest BCUT2D eigenvalue weighted by Crippen LogP contribution is 2.77. The lowest BCUT2D eigenvalue weighted by atomic mass is 10.7. The molecule has 2 unspecified atom stereocenters. The summed E-state index contributed by atoms with van der Waals surface area (Å²) in [6, 6.07) is 0. The van der Waals surface area contributed by atoms with Gasteiger partial charge < -0.3 is 19.0 Å². The van der Waals surface area contributed by atoms with Crippen molar-refractivity contribution in [2.45, 2.75) is 18.9 Å². The predicted molar refractivity (Wildman–Crippen MR) is 57.9 cm³/mol. The van der Waals surface area contributed by atoms with Gasteiger partial charge in [0.05, 0.1) is 14.2 Å². The first kappa shape index (κ1) is 16.9. The van der Waals surface area contributed by atoms with Gasteiger partial charge in [-0.15, -0.1) is 0 Å². The number of carbonyl (C=O) groups excluding carboxylic acids is 1. The summed E-state index contributed by atoms with van der Waals surface area (Å²) in [5.41, 5.74) is 0. The number of carbonyl (C=O) groups is 1. The zero-order valence-electron chi connectivity index (χ0n) is 10.2. The lowest BCUT2D eigenvalue weighted by Gasteiger charge is -2.39. The van der Waals surface area contributed by atoms with Crippen LogP contribution in [0.1, 0.15) is 13.8 Å². The molecule has 0 aromatic carbocycles. The third-order valence-corrected chi connectivity index (χ3v) is 7.29. The summed E-state index contributed by atoms with van der Waals surface area (Å²) in [7, 11) is -5.82. The van der Waals surface area contributed by atoms with Crippen LogP contribution in [-0.2, 0) is 27.7 Å². The van der Waals surface area contributed by atoms with E-state index in [1.807, 2.05) is 0 Å². The van der Waals surface area contributed by atoms with Crippen molar-refractivity contribution in [2.24, 2.45) is 0 Å². The molecule has 0 aliphatic rings. The second-order valence-corrected chi connectivity index (χ2v) is 8.28. The molecule has 0 aliphatic carbocycles. The summed E-state index contributed by atoms with van der Waals surface area (Å²) < 4.78 is 30.0. The number of hydrogen-bond acceptors (Lipinski definition) is 7. The number of esters is 1. The van der Waals surface area contributed by atoms with Crippen LogP contribution in [0.5, 0.6) is 0 Å². The molecule has 10 heteroatoms. The van der Waals surface area contributed by atoms with Gasteiger partial charge in [0.1, 0.15) is 0 Å². The maximum Gasteiger partial charge on any atom is 0.415 e. The molecule has 0 aliphatic heterocycles. The first-order valence-corrected chi connectivity index (χ1v) is 7.52. The van der Waals surface area contributed by atoms with Crippen molar-refractivity contribution in [1.82, 2.24) is 0 Å². The molecule has 0 radical (unpaired) electrons. The Kier molecular flexibility index (Phi) is 5.69. The van der Waals surface area contributed by atoms with Gasteiger partial charge in [0, 0.05) is 21.0 Å². The largest absolute Gasteiger partial charge is 0.628 e. The van der Waals surface area contributed by atoms with Crippen molar-refractivity contribution in [2.75, 3.05) is 21.3 Å². The molecule has 0 saturated heterocycles. The fraction of sp³-hybridized carbons (Fsp3) is 0.857. The van der Waals surface area contributed by atoms with Crippen molar-refractivity contribution in [3.63, 3.8) is 0 Å². The summed E-state index contributed by atoms with van der Waals surface area (Å²) in [6.07, 6.45) is 0. The molecule has 0 bridgehead atoms. The highest BCUT2D eigenvalue weighted by molar-refractivity contribution is 7.76. The second kappa shape index (κ2) is 5.71. The Bertz CT molecular complexity index is 328. The van der Waals surface area contributed by atoms with E-state index < -0.39 is 26.6 Å². The van der Waals surface area contributed by atoms with E-state index in [0.29, 0.717) is 0 Å². The minimum atomic E-state index is -4.56. The maximum atomic E-state index is 12.2. The second-order valence-electron chi connectivity index (χ2n) is 3.09. The summed E-state index contributed by atoms with van der Waals surface area (Å²) in [4.78, 5) is 32.8. The SMILES string of the molecule is COP(=O)(O)C(C)(OC(C)=O)[P+]([O-])(OC)OC. The molecule has 0 fully saturated rings. The molecule has 0 aromatic heterocycles. The van der Waals surface area contributed by atoms with Gasteiger partial charge in [-0.25, -0.2) is 9.05 Å². The zero-order valence-corrected chi connectivity index (χ0v) is 12.0. The fourth-order valence-electron chi connectivity index (χ4n) is 1.12. The van der Waals surface area contributed by atoms with Crippen LogP contribution >= 0.6 is 15.5 Å². The number of ether oxygens (including phenoxy) is 1. The molecule has 0 heterocycles. The molecule has 0 saturated carbocycles. The Morgan fingerprint density at radius 3 is 2.00 bits per heavy atom. The standard InChI is InChI=1S/C7H16O8P2/c1-6(8)15-7(2,16(9,10)12-3)17(11,13-4)14-5/h1-5H3,(H,9,10). The van der Waals surface area contributed by atoms with E-state index in [1.165, 1.54) is 0 Å². The average molecular weight is 290 g/mol. The highest BCUT2D eigenvalue weighted by atomic mass is 31.3. The third kappa shape index (κ3) is 3.03. The Morgan fingerprint density at radius 1 is 1.35 bits per heavy atom. The third-order valence-electron chi connectivity index (χ3n) is 2.10. The van der Waals surface area contributed by atoms with E-state index >= 15 is 0 Å².